The predicted octanol–water partition coefficient (Wildman–Crippen LogP) is 4.31. The first-order chi connectivity index (χ1) is 19.0. The van der Waals surface area contributed by atoms with Crippen LogP contribution in [0.25, 0.3) is 0 Å². The number of carboxylic acid groups (broad SMARTS) is 1. The van der Waals surface area contributed by atoms with Crippen molar-refractivity contribution in [3.63, 3.8) is 0 Å². The van der Waals surface area contributed by atoms with E-state index in [2.05, 4.69) is 15.1 Å². The average Bonchev–Trinajstić information content (AvgIpc) is 3.58. The largest absolute Gasteiger partial charge is 0.490 e. The molecule has 2 aliphatic heterocycles. The van der Waals surface area contributed by atoms with Crippen molar-refractivity contribution in [2.75, 3.05) is 24.5 Å². The van der Waals surface area contributed by atoms with Gasteiger partial charge < -0.3 is 14.9 Å². The van der Waals surface area contributed by atoms with Crippen molar-refractivity contribution in [2.24, 2.45) is 0 Å². The number of aromatic nitrogens is 4. The smallest absolute Gasteiger partial charge is 0.475 e. The molecule has 0 spiro atoms. The van der Waals surface area contributed by atoms with Crippen molar-refractivity contribution >= 4 is 23.5 Å². The quantitative estimate of drug-likeness (QED) is 0.507. The van der Waals surface area contributed by atoms with Crippen LogP contribution in [0, 0.1) is 0 Å². The molecule has 0 aliphatic carbocycles. The van der Waals surface area contributed by atoms with Gasteiger partial charge in [-0.3, -0.25) is 19.3 Å². The molecular formula is C27H29F3N6O4. The maximum Gasteiger partial charge on any atom is 0.490 e. The van der Waals surface area contributed by atoms with Crippen LogP contribution in [-0.4, -0.2) is 73.3 Å². The molecule has 5 rings (SSSR count). The number of fused-ring (bicyclic) bond motifs is 1. The fourth-order valence-electron chi connectivity index (χ4n) is 4.61. The van der Waals surface area contributed by atoms with Gasteiger partial charge in [0, 0.05) is 43.1 Å². The highest BCUT2D eigenvalue weighted by molar-refractivity contribution is 6.07. The Bertz CT molecular complexity index is 1370. The summed E-state index contributed by atoms with van der Waals surface area (Å²) in [4.78, 5) is 47.8. The van der Waals surface area contributed by atoms with Crippen LogP contribution in [0.3, 0.4) is 0 Å². The molecular weight excluding hydrogens is 529 g/mol. The molecule has 1 saturated heterocycles. The fourth-order valence-corrected chi connectivity index (χ4v) is 4.61. The number of pyridine rings is 1. The van der Waals surface area contributed by atoms with E-state index >= 15 is 0 Å². The summed E-state index contributed by atoms with van der Waals surface area (Å²) in [6.45, 7) is 6.10. The normalized spacial score (nSPS) is 16.8. The van der Waals surface area contributed by atoms with Crippen LogP contribution >= 0.6 is 0 Å². The molecule has 4 heterocycles. The first-order valence-corrected chi connectivity index (χ1v) is 12.8. The molecule has 1 atom stereocenters. The Balaban J connectivity index is 0.000000470. The van der Waals surface area contributed by atoms with Gasteiger partial charge in [0.15, 0.2) is 5.82 Å². The Labute approximate surface area is 228 Å². The summed E-state index contributed by atoms with van der Waals surface area (Å²) in [7, 11) is 0. The Morgan fingerprint density at radius 3 is 2.27 bits per heavy atom. The van der Waals surface area contributed by atoms with Crippen LogP contribution in [-0.2, 0) is 4.79 Å². The minimum absolute atomic E-state index is 0.0476. The number of alkyl halides is 3. The van der Waals surface area contributed by atoms with Gasteiger partial charge in [0.1, 0.15) is 12.0 Å². The molecule has 40 heavy (non-hydrogen) atoms. The van der Waals surface area contributed by atoms with Crippen molar-refractivity contribution in [1.29, 1.82) is 0 Å². The minimum atomic E-state index is -5.08. The number of rotatable bonds is 4. The van der Waals surface area contributed by atoms with E-state index in [9.17, 15) is 22.8 Å². The number of carbonyl (C=O) groups excluding carboxylic acids is 2. The van der Waals surface area contributed by atoms with Gasteiger partial charge in [0.05, 0.1) is 5.92 Å². The first-order valence-electron chi connectivity index (χ1n) is 12.8. The van der Waals surface area contributed by atoms with E-state index in [1.807, 2.05) is 41.6 Å². The van der Waals surface area contributed by atoms with Gasteiger partial charge in [-0.2, -0.15) is 18.3 Å². The SMILES string of the molecule is CC(C)n1cnc(C2CN(C(=O)c3ccccn3)c3ccc(C(=O)N4CCCCC4)cc32)n1.O=C(O)C(F)(F)F. The summed E-state index contributed by atoms with van der Waals surface area (Å²) < 4.78 is 33.6. The summed E-state index contributed by atoms with van der Waals surface area (Å²) in [5.41, 5.74) is 2.73. The second kappa shape index (κ2) is 11.8. The number of halogens is 3. The summed E-state index contributed by atoms with van der Waals surface area (Å²) in [6, 6.07) is 11.1. The second-order valence-electron chi connectivity index (χ2n) is 9.79. The van der Waals surface area contributed by atoms with E-state index < -0.39 is 12.1 Å². The Hall–Kier alpha value is -4.29. The summed E-state index contributed by atoms with van der Waals surface area (Å²) in [5.74, 6) is -2.43. The second-order valence-corrected chi connectivity index (χ2v) is 9.79. The fraction of sp³-hybridized carbons (Fsp3) is 0.407. The number of piperidine rings is 1. The molecule has 2 amide bonds. The van der Waals surface area contributed by atoms with Crippen LogP contribution < -0.4 is 4.90 Å². The number of benzene rings is 1. The average molecular weight is 559 g/mol. The molecule has 1 unspecified atom stereocenters. The molecule has 2 aliphatic rings. The Morgan fingerprint density at radius 2 is 1.70 bits per heavy atom. The van der Waals surface area contributed by atoms with Crippen molar-refractivity contribution in [3.05, 3.63) is 71.6 Å². The van der Waals surface area contributed by atoms with E-state index in [4.69, 9.17) is 9.90 Å². The van der Waals surface area contributed by atoms with Gasteiger partial charge in [-0.05, 0) is 69.0 Å². The maximum atomic E-state index is 13.3. The molecule has 1 fully saturated rings. The highest BCUT2D eigenvalue weighted by atomic mass is 19.4. The number of likely N-dealkylation sites (tertiary alicyclic amines) is 1. The molecule has 212 valence electrons. The molecule has 0 saturated carbocycles. The number of carbonyl (C=O) groups is 3. The third kappa shape index (κ3) is 6.29. The third-order valence-electron chi connectivity index (χ3n) is 6.69. The number of aliphatic carboxylic acids is 1. The van der Waals surface area contributed by atoms with Gasteiger partial charge >= 0.3 is 12.1 Å². The zero-order valence-electron chi connectivity index (χ0n) is 22.0. The highest BCUT2D eigenvalue weighted by Crippen LogP contribution is 2.40. The molecule has 13 heteroatoms. The lowest BCUT2D eigenvalue weighted by Gasteiger charge is -2.27. The molecule has 1 N–H and O–H groups in total. The Morgan fingerprint density at radius 1 is 1.00 bits per heavy atom. The van der Waals surface area contributed by atoms with Crippen LogP contribution in [0.15, 0.2) is 48.9 Å². The van der Waals surface area contributed by atoms with Gasteiger partial charge in [0.25, 0.3) is 11.8 Å². The van der Waals surface area contributed by atoms with E-state index in [0.717, 1.165) is 37.2 Å². The molecule has 0 bridgehead atoms. The Kier molecular flexibility index (Phi) is 8.50. The molecule has 3 aromatic rings. The van der Waals surface area contributed by atoms with E-state index in [-0.39, 0.29) is 23.8 Å². The van der Waals surface area contributed by atoms with E-state index in [0.29, 0.717) is 23.6 Å². The lowest BCUT2D eigenvalue weighted by molar-refractivity contribution is -0.192. The van der Waals surface area contributed by atoms with Crippen LogP contribution in [0.1, 0.15) is 77.3 Å². The minimum Gasteiger partial charge on any atom is -0.475 e. The standard InChI is InChI=1S/C25H28N6O2.C2HF3O2/c1-17(2)31-16-27-23(28-31)20-15-30(25(33)21-8-4-5-11-26-21)22-10-9-18(14-19(20)22)24(32)29-12-6-3-7-13-29;3-2(4,5)1(6)7/h4-5,8-11,14,16-17,20H,3,6-7,12-13,15H2,1-2H3;(H,6,7). The van der Waals surface area contributed by atoms with Gasteiger partial charge in [0.2, 0.25) is 0 Å². The van der Waals surface area contributed by atoms with Gasteiger partial charge in [-0.15, -0.1) is 0 Å². The van der Waals surface area contributed by atoms with E-state index in [1.54, 1.807) is 35.6 Å². The summed E-state index contributed by atoms with van der Waals surface area (Å²) in [5, 5.41) is 11.8. The summed E-state index contributed by atoms with van der Waals surface area (Å²) in [6.07, 6.45) is 1.52. The van der Waals surface area contributed by atoms with Crippen LogP contribution in [0.2, 0.25) is 0 Å². The number of amides is 2. The van der Waals surface area contributed by atoms with Crippen molar-refractivity contribution in [2.45, 2.75) is 51.2 Å². The van der Waals surface area contributed by atoms with Crippen molar-refractivity contribution in [1.82, 2.24) is 24.6 Å². The van der Waals surface area contributed by atoms with Crippen LogP contribution in [0.5, 0.6) is 0 Å². The zero-order valence-corrected chi connectivity index (χ0v) is 22.0. The first kappa shape index (κ1) is 28.7. The topological polar surface area (TPSA) is 122 Å². The number of hydrogen-bond donors (Lipinski definition) is 1. The van der Waals surface area contributed by atoms with E-state index in [1.165, 1.54) is 6.42 Å². The van der Waals surface area contributed by atoms with Crippen LogP contribution in [0.4, 0.5) is 18.9 Å². The predicted molar refractivity (Wildman–Crippen MR) is 138 cm³/mol. The third-order valence-corrected chi connectivity index (χ3v) is 6.69. The van der Waals surface area contributed by atoms with Gasteiger partial charge in [-0.25, -0.2) is 9.78 Å². The number of carboxylic acids is 1. The molecule has 1 aromatic carbocycles. The van der Waals surface area contributed by atoms with Crippen molar-refractivity contribution < 1.29 is 32.7 Å². The molecule has 0 radical (unpaired) electrons. The van der Waals surface area contributed by atoms with Crippen molar-refractivity contribution in [3.8, 4) is 0 Å². The summed E-state index contributed by atoms with van der Waals surface area (Å²) >= 11 is 0. The molecule has 10 nitrogen and oxygen atoms in total. The lowest BCUT2D eigenvalue weighted by Crippen LogP contribution is -2.35. The number of anilines is 1. The highest BCUT2D eigenvalue weighted by Gasteiger charge is 2.38. The van der Waals surface area contributed by atoms with Gasteiger partial charge in [-0.1, -0.05) is 6.07 Å². The lowest BCUT2D eigenvalue weighted by atomic mass is 9.97. The number of nitrogens with zero attached hydrogens (tertiary/aromatic N) is 6. The number of hydrogen-bond acceptors (Lipinski definition) is 6. The molecule has 2 aromatic heterocycles. The maximum absolute atomic E-state index is 13.3. The monoisotopic (exact) mass is 558 g/mol. The zero-order chi connectivity index (χ0) is 29.0.